The fourth-order valence-electron chi connectivity index (χ4n) is 1.26. The molecule has 0 N–H and O–H groups in total. The molecule has 1 aromatic rings. The van der Waals surface area contributed by atoms with Crippen molar-refractivity contribution in [3.63, 3.8) is 0 Å². The summed E-state index contributed by atoms with van der Waals surface area (Å²) >= 11 is 0. The molecule has 4 heteroatoms. The summed E-state index contributed by atoms with van der Waals surface area (Å²) in [7, 11) is 0. The Hall–Kier alpha value is -0.783. The first-order valence-corrected chi connectivity index (χ1v) is 4.11. The topological polar surface area (TPSA) is 40.1 Å². The first kappa shape index (κ1) is 13.2. The van der Waals surface area contributed by atoms with Crippen molar-refractivity contribution in [2.24, 2.45) is 0 Å². The van der Waals surface area contributed by atoms with Crippen LogP contribution in [0.5, 0.6) is 0 Å². The number of rotatable bonds is 3. The van der Waals surface area contributed by atoms with Crippen LogP contribution in [0.2, 0.25) is 0 Å². The molecule has 0 bridgehead atoms. The fourth-order valence-corrected chi connectivity index (χ4v) is 1.26. The number of hydrogen-bond acceptors (Lipinski definition) is 2. The van der Waals surface area contributed by atoms with Crippen LogP contribution in [0.3, 0.4) is 0 Å². The van der Waals surface area contributed by atoms with E-state index in [1.807, 2.05) is 0 Å². The van der Waals surface area contributed by atoms with Crippen LogP contribution in [0.1, 0.15) is 24.8 Å². The summed E-state index contributed by atoms with van der Waals surface area (Å²) in [4.78, 5) is 10.6. The van der Waals surface area contributed by atoms with Crippen molar-refractivity contribution < 1.29 is 33.2 Å². The minimum absolute atomic E-state index is 0. The van der Waals surface area contributed by atoms with Gasteiger partial charge in [0.1, 0.15) is 5.82 Å². The van der Waals surface area contributed by atoms with Crippen LogP contribution in [0.4, 0.5) is 4.39 Å². The van der Waals surface area contributed by atoms with Gasteiger partial charge in [0.2, 0.25) is 0 Å². The van der Waals surface area contributed by atoms with E-state index in [2.05, 4.69) is 0 Å². The molecule has 0 aromatic heterocycles. The van der Waals surface area contributed by atoms with Crippen LogP contribution in [0.15, 0.2) is 24.3 Å². The number of benzene rings is 1. The van der Waals surface area contributed by atoms with Crippen molar-refractivity contribution in [1.82, 2.24) is 0 Å². The second-order valence-corrected chi connectivity index (χ2v) is 2.83. The maximum atomic E-state index is 12.7. The third kappa shape index (κ3) is 3.17. The van der Waals surface area contributed by atoms with Crippen molar-refractivity contribution in [2.75, 3.05) is 0 Å². The summed E-state index contributed by atoms with van der Waals surface area (Å²) < 4.78 is 12.7. The Balaban J connectivity index is 0.00000169. The van der Waals surface area contributed by atoms with Gasteiger partial charge >= 0.3 is 18.9 Å². The predicted octanol–water partition coefficient (Wildman–Crippen LogP) is -1.93. The smallest absolute Gasteiger partial charge is 0.549 e. The maximum Gasteiger partial charge on any atom is 1.00 e. The average molecular weight is 188 g/mol. The normalized spacial score (nSPS) is 11.6. The van der Waals surface area contributed by atoms with Gasteiger partial charge in [0.05, 0.1) is 0 Å². The van der Waals surface area contributed by atoms with Gasteiger partial charge < -0.3 is 9.90 Å². The summed E-state index contributed by atoms with van der Waals surface area (Å²) in [5.74, 6) is -2.29. The third-order valence-corrected chi connectivity index (χ3v) is 1.94. The quantitative estimate of drug-likeness (QED) is 0.518. The molecule has 0 spiro atoms. The zero-order valence-corrected chi connectivity index (χ0v) is 8.29. The van der Waals surface area contributed by atoms with Crippen molar-refractivity contribution >= 4 is 5.97 Å². The van der Waals surface area contributed by atoms with Crippen LogP contribution in [0, 0.1) is 5.82 Å². The van der Waals surface area contributed by atoms with E-state index in [1.165, 1.54) is 18.2 Å². The molecule has 0 aliphatic carbocycles. The van der Waals surface area contributed by atoms with E-state index in [0.717, 1.165) is 0 Å². The SMILES string of the molecule is CCC(C(=O)[O-])c1cccc(F)c1.[Li+]. The molecule has 0 fully saturated rings. The Morgan fingerprint density at radius 3 is 2.64 bits per heavy atom. The summed E-state index contributed by atoms with van der Waals surface area (Å²) in [6.07, 6.45) is 0.409. The van der Waals surface area contributed by atoms with Crippen LogP contribution >= 0.6 is 0 Å². The fraction of sp³-hybridized carbons (Fsp3) is 0.300. The van der Waals surface area contributed by atoms with Gasteiger partial charge in [-0.3, -0.25) is 0 Å². The number of aliphatic carboxylic acids is 1. The summed E-state index contributed by atoms with van der Waals surface area (Å²) in [5.41, 5.74) is 0.461. The molecule has 0 heterocycles. The van der Waals surface area contributed by atoms with E-state index in [-0.39, 0.29) is 18.9 Å². The standard InChI is InChI=1S/C10H11FO2.Li/c1-2-9(10(12)13)7-4-3-5-8(11)6-7;/h3-6,9H,2H2,1H3,(H,12,13);/q;+1/p-1. The summed E-state index contributed by atoms with van der Waals surface area (Å²) in [5, 5.41) is 10.6. The van der Waals surface area contributed by atoms with Crippen LogP contribution in [-0.4, -0.2) is 5.97 Å². The second kappa shape index (κ2) is 5.85. The Morgan fingerprint density at radius 2 is 2.21 bits per heavy atom. The molecule has 0 aliphatic heterocycles. The predicted molar refractivity (Wildman–Crippen MR) is 44.4 cm³/mol. The molecular formula is C10H10FLiO2. The average Bonchev–Trinajstić information content (AvgIpc) is 2.04. The number of carbonyl (C=O) groups is 1. The van der Waals surface area contributed by atoms with Crippen molar-refractivity contribution in [2.45, 2.75) is 19.3 Å². The number of carboxylic acid groups (broad SMARTS) is 1. The van der Waals surface area contributed by atoms with E-state index in [0.29, 0.717) is 12.0 Å². The van der Waals surface area contributed by atoms with E-state index in [1.54, 1.807) is 13.0 Å². The third-order valence-electron chi connectivity index (χ3n) is 1.94. The number of carbonyl (C=O) groups excluding carboxylic acids is 1. The van der Waals surface area contributed by atoms with Gasteiger partial charge in [-0.15, -0.1) is 0 Å². The van der Waals surface area contributed by atoms with Gasteiger partial charge in [0.25, 0.3) is 0 Å². The summed E-state index contributed by atoms with van der Waals surface area (Å²) in [6.45, 7) is 1.73. The van der Waals surface area contributed by atoms with Crippen LogP contribution in [0.25, 0.3) is 0 Å². The van der Waals surface area contributed by atoms with Gasteiger partial charge in [0, 0.05) is 11.9 Å². The minimum Gasteiger partial charge on any atom is -0.549 e. The molecule has 1 aromatic carbocycles. The van der Waals surface area contributed by atoms with Gasteiger partial charge in [-0.05, 0) is 24.1 Å². The van der Waals surface area contributed by atoms with Crippen molar-refractivity contribution in [1.29, 1.82) is 0 Å². The largest absolute Gasteiger partial charge is 1.00 e. The first-order valence-electron chi connectivity index (χ1n) is 4.11. The Labute approximate surface area is 94.3 Å². The first-order chi connectivity index (χ1) is 6.15. The second-order valence-electron chi connectivity index (χ2n) is 2.83. The molecule has 0 aliphatic rings. The van der Waals surface area contributed by atoms with Crippen molar-refractivity contribution in [3.8, 4) is 0 Å². The molecule has 70 valence electrons. The van der Waals surface area contributed by atoms with Gasteiger partial charge in [-0.2, -0.15) is 0 Å². The Morgan fingerprint density at radius 1 is 1.57 bits per heavy atom. The molecular weight excluding hydrogens is 178 g/mol. The molecule has 1 atom stereocenters. The molecule has 0 radical (unpaired) electrons. The Bertz CT molecular complexity index is 315. The summed E-state index contributed by atoms with van der Waals surface area (Å²) in [6, 6.07) is 5.60. The molecule has 0 saturated heterocycles. The number of halogens is 1. The Kier molecular flexibility index (Phi) is 5.52. The minimum atomic E-state index is -1.16. The number of hydrogen-bond donors (Lipinski definition) is 0. The molecule has 0 amide bonds. The van der Waals surface area contributed by atoms with Crippen molar-refractivity contribution in [3.05, 3.63) is 35.6 Å². The van der Waals surface area contributed by atoms with E-state index >= 15 is 0 Å². The van der Waals surface area contributed by atoms with E-state index < -0.39 is 17.7 Å². The number of carboxylic acids is 1. The van der Waals surface area contributed by atoms with Crippen LogP contribution < -0.4 is 24.0 Å². The molecule has 1 rings (SSSR count). The van der Waals surface area contributed by atoms with Gasteiger partial charge in [0.15, 0.2) is 0 Å². The molecule has 2 nitrogen and oxygen atoms in total. The monoisotopic (exact) mass is 188 g/mol. The van der Waals surface area contributed by atoms with Gasteiger partial charge in [-0.25, -0.2) is 4.39 Å². The molecule has 14 heavy (non-hydrogen) atoms. The van der Waals surface area contributed by atoms with Crippen LogP contribution in [-0.2, 0) is 4.79 Å². The van der Waals surface area contributed by atoms with E-state index in [9.17, 15) is 14.3 Å². The molecule has 0 saturated carbocycles. The zero-order chi connectivity index (χ0) is 9.84. The maximum absolute atomic E-state index is 12.7. The molecule has 1 unspecified atom stereocenters. The van der Waals surface area contributed by atoms with E-state index in [4.69, 9.17) is 0 Å². The zero-order valence-electron chi connectivity index (χ0n) is 8.29. The van der Waals surface area contributed by atoms with Gasteiger partial charge in [-0.1, -0.05) is 19.1 Å².